The number of benzene rings is 8. The molecule has 4 nitrogen and oxygen atoms in total. The van der Waals surface area contributed by atoms with E-state index in [0.29, 0.717) is 11.5 Å². The molecule has 2 aromatic heterocycles. The zero-order chi connectivity index (χ0) is 36.0. The fraction of sp³-hybridized carbons (Fsp3) is 0.0600. The van der Waals surface area contributed by atoms with Gasteiger partial charge in [0.15, 0.2) is 5.58 Å². The van der Waals surface area contributed by atoms with Crippen molar-refractivity contribution in [2.45, 2.75) is 19.3 Å². The van der Waals surface area contributed by atoms with Crippen molar-refractivity contribution in [1.29, 1.82) is 0 Å². The molecule has 0 fully saturated rings. The van der Waals surface area contributed by atoms with Crippen molar-refractivity contribution in [3.05, 3.63) is 181 Å². The van der Waals surface area contributed by atoms with Crippen LogP contribution >= 0.6 is 0 Å². The van der Waals surface area contributed by atoms with Crippen molar-refractivity contribution in [1.82, 2.24) is 4.98 Å². The summed E-state index contributed by atoms with van der Waals surface area (Å²) in [4.78, 5) is 7.17. The molecular formula is C50H34N2O2. The van der Waals surface area contributed by atoms with Gasteiger partial charge in [0.2, 0.25) is 5.89 Å². The average molecular weight is 695 g/mol. The Bertz CT molecular complexity index is 3070. The topological polar surface area (TPSA) is 42.4 Å². The summed E-state index contributed by atoms with van der Waals surface area (Å²) in [5.74, 6) is 0.604. The molecule has 1 aliphatic rings. The summed E-state index contributed by atoms with van der Waals surface area (Å²) < 4.78 is 12.8. The van der Waals surface area contributed by atoms with E-state index in [-0.39, 0.29) is 5.41 Å². The fourth-order valence-electron chi connectivity index (χ4n) is 8.58. The fourth-order valence-corrected chi connectivity index (χ4v) is 8.58. The summed E-state index contributed by atoms with van der Waals surface area (Å²) in [5.41, 5.74) is 14.8. The number of hydrogen-bond donors (Lipinski definition) is 0. The molecule has 0 aliphatic heterocycles. The second-order valence-corrected chi connectivity index (χ2v) is 14.8. The Morgan fingerprint density at radius 1 is 0.444 bits per heavy atom. The van der Waals surface area contributed by atoms with E-state index in [1.54, 1.807) is 0 Å². The third-order valence-corrected chi connectivity index (χ3v) is 11.3. The van der Waals surface area contributed by atoms with E-state index in [9.17, 15) is 0 Å². The van der Waals surface area contributed by atoms with Gasteiger partial charge in [0.1, 0.15) is 16.7 Å². The van der Waals surface area contributed by atoms with Crippen molar-refractivity contribution < 1.29 is 8.83 Å². The van der Waals surface area contributed by atoms with E-state index < -0.39 is 0 Å². The number of oxazole rings is 1. The van der Waals surface area contributed by atoms with Gasteiger partial charge in [-0.05, 0) is 98.8 Å². The monoisotopic (exact) mass is 694 g/mol. The summed E-state index contributed by atoms with van der Waals surface area (Å²) in [6.07, 6.45) is 0. The van der Waals surface area contributed by atoms with Gasteiger partial charge in [0, 0.05) is 50.9 Å². The molecule has 8 aromatic carbocycles. The maximum Gasteiger partial charge on any atom is 0.227 e. The molecule has 11 rings (SSSR count). The van der Waals surface area contributed by atoms with E-state index in [2.05, 4.69) is 152 Å². The molecule has 1 aliphatic carbocycles. The molecule has 0 spiro atoms. The molecule has 2 heterocycles. The van der Waals surface area contributed by atoms with Gasteiger partial charge in [-0.1, -0.05) is 117 Å². The van der Waals surface area contributed by atoms with E-state index >= 15 is 0 Å². The second kappa shape index (κ2) is 11.5. The highest BCUT2D eigenvalue weighted by molar-refractivity contribution is 6.10. The highest BCUT2D eigenvalue weighted by Crippen LogP contribution is 2.51. The molecule has 10 aromatic rings. The molecule has 0 atom stereocenters. The first-order valence-electron chi connectivity index (χ1n) is 18.4. The number of anilines is 3. The zero-order valence-corrected chi connectivity index (χ0v) is 29.9. The first kappa shape index (κ1) is 30.7. The molecule has 0 unspecified atom stereocenters. The standard InChI is InChI=1S/C50H34N2O2/c1-50(2)43-18-9-8-16-39(43)40-25-23-35(27-44(40)50)52(34-21-19-32(20-22-34)38-17-10-14-31-11-6-7-15-37(31)38)36-24-26-41-42-29-45-48(30-47(42)53-46(41)28-36)54-49(51-45)33-12-4-3-5-13-33/h3-30H,1-2H3. The Morgan fingerprint density at radius 3 is 2.02 bits per heavy atom. The molecule has 0 saturated heterocycles. The minimum Gasteiger partial charge on any atom is -0.456 e. The van der Waals surface area contributed by atoms with Crippen LogP contribution in [0.1, 0.15) is 25.0 Å². The number of aromatic nitrogens is 1. The normalized spacial score (nSPS) is 13.1. The minimum absolute atomic E-state index is 0.125. The SMILES string of the molecule is CC1(C)c2ccccc2-c2ccc(N(c3ccc(-c4cccc5ccccc45)cc3)c3ccc4c(c3)oc3cc5oc(-c6ccccc6)nc5cc34)cc21. The van der Waals surface area contributed by atoms with E-state index in [1.165, 1.54) is 44.2 Å². The Hall–Kier alpha value is -6.91. The summed E-state index contributed by atoms with van der Waals surface area (Å²) >= 11 is 0. The first-order valence-corrected chi connectivity index (χ1v) is 18.4. The van der Waals surface area contributed by atoms with Gasteiger partial charge in [-0.2, -0.15) is 0 Å². The largest absolute Gasteiger partial charge is 0.456 e. The quantitative estimate of drug-likeness (QED) is 0.180. The molecule has 0 radical (unpaired) electrons. The Morgan fingerprint density at radius 2 is 1.13 bits per heavy atom. The van der Waals surface area contributed by atoms with E-state index in [4.69, 9.17) is 13.8 Å². The van der Waals surface area contributed by atoms with Crippen LogP contribution in [0.15, 0.2) is 179 Å². The molecule has 0 amide bonds. The lowest BCUT2D eigenvalue weighted by atomic mass is 9.82. The van der Waals surface area contributed by atoms with Crippen LogP contribution in [-0.2, 0) is 5.41 Å². The van der Waals surface area contributed by atoms with Gasteiger partial charge < -0.3 is 13.7 Å². The van der Waals surface area contributed by atoms with Crippen LogP contribution in [-0.4, -0.2) is 4.98 Å². The Balaban J connectivity index is 1.05. The van der Waals surface area contributed by atoms with Crippen molar-refractivity contribution >= 4 is 60.9 Å². The zero-order valence-electron chi connectivity index (χ0n) is 29.9. The summed E-state index contributed by atoms with van der Waals surface area (Å²) in [6.45, 7) is 4.66. The van der Waals surface area contributed by atoms with Crippen molar-refractivity contribution in [2.75, 3.05) is 4.90 Å². The lowest BCUT2D eigenvalue weighted by Gasteiger charge is -2.28. The highest BCUT2D eigenvalue weighted by atomic mass is 16.4. The van der Waals surface area contributed by atoms with E-state index in [0.717, 1.165) is 50.1 Å². The van der Waals surface area contributed by atoms with Gasteiger partial charge in [-0.25, -0.2) is 4.98 Å². The highest BCUT2D eigenvalue weighted by Gasteiger charge is 2.35. The molecular weight excluding hydrogens is 661 g/mol. The van der Waals surface area contributed by atoms with Gasteiger partial charge in [0.25, 0.3) is 0 Å². The van der Waals surface area contributed by atoms with Crippen molar-refractivity contribution in [3.63, 3.8) is 0 Å². The van der Waals surface area contributed by atoms with Gasteiger partial charge in [0.05, 0.1) is 0 Å². The number of nitrogens with zero attached hydrogens (tertiary/aromatic N) is 2. The van der Waals surface area contributed by atoms with Crippen molar-refractivity contribution in [3.8, 4) is 33.7 Å². The van der Waals surface area contributed by atoms with Crippen LogP contribution < -0.4 is 4.90 Å². The number of fused-ring (bicyclic) bond motifs is 8. The number of furan rings is 1. The second-order valence-electron chi connectivity index (χ2n) is 14.8. The molecule has 4 heteroatoms. The first-order chi connectivity index (χ1) is 26.5. The van der Waals surface area contributed by atoms with Gasteiger partial charge in [-0.3, -0.25) is 0 Å². The van der Waals surface area contributed by atoms with Crippen LogP contribution in [0.2, 0.25) is 0 Å². The van der Waals surface area contributed by atoms with Crippen LogP contribution in [0.4, 0.5) is 17.1 Å². The summed E-state index contributed by atoms with van der Waals surface area (Å²) in [6, 6.07) is 60.3. The molecule has 0 bridgehead atoms. The van der Waals surface area contributed by atoms with Gasteiger partial charge in [-0.15, -0.1) is 0 Å². The lowest BCUT2D eigenvalue weighted by Crippen LogP contribution is -2.16. The predicted molar refractivity (Wildman–Crippen MR) is 222 cm³/mol. The maximum absolute atomic E-state index is 6.59. The molecule has 0 N–H and O–H groups in total. The predicted octanol–water partition coefficient (Wildman–Crippen LogP) is 14.0. The molecule has 0 saturated carbocycles. The lowest BCUT2D eigenvalue weighted by molar-refractivity contribution is 0.617. The molecule has 256 valence electrons. The van der Waals surface area contributed by atoms with Crippen LogP contribution in [0.25, 0.3) is 77.5 Å². The Kier molecular flexibility index (Phi) is 6.56. The third kappa shape index (κ3) is 4.66. The van der Waals surface area contributed by atoms with Gasteiger partial charge >= 0.3 is 0 Å². The van der Waals surface area contributed by atoms with E-state index in [1.807, 2.05) is 36.4 Å². The average Bonchev–Trinajstić information content (AvgIpc) is 3.87. The summed E-state index contributed by atoms with van der Waals surface area (Å²) in [7, 11) is 0. The van der Waals surface area contributed by atoms with Crippen LogP contribution in [0.5, 0.6) is 0 Å². The minimum atomic E-state index is -0.125. The maximum atomic E-state index is 6.59. The number of rotatable bonds is 5. The molecule has 54 heavy (non-hydrogen) atoms. The smallest absolute Gasteiger partial charge is 0.227 e. The van der Waals surface area contributed by atoms with Crippen molar-refractivity contribution in [2.24, 2.45) is 0 Å². The van der Waals surface area contributed by atoms with Crippen LogP contribution in [0.3, 0.4) is 0 Å². The summed E-state index contributed by atoms with van der Waals surface area (Å²) in [5, 5.41) is 4.54. The number of hydrogen-bond acceptors (Lipinski definition) is 4. The third-order valence-electron chi connectivity index (χ3n) is 11.3. The Labute approximate surface area is 312 Å². The van der Waals surface area contributed by atoms with Crippen LogP contribution in [0, 0.1) is 0 Å².